The molecule has 28 heavy (non-hydrogen) atoms. The van der Waals surface area contributed by atoms with Crippen molar-refractivity contribution in [3.05, 3.63) is 42.5 Å². The number of esters is 1. The van der Waals surface area contributed by atoms with Crippen LogP contribution in [0, 0.1) is 0 Å². The molecule has 0 aliphatic heterocycles. The van der Waals surface area contributed by atoms with Crippen molar-refractivity contribution in [2.24, 2.45) is 0 Å². The lowest BCUT2D eigenvalue weighted by Crippen LogP contribution is -2.37. The van der Waals surface area contributed by atoms with E-state index in [1.165, 1.54) is 11.8 Å². The first-order chi connectivity index (χ1) is 13.2. The van der Waals surface area contributed by atoms with Crippen LogP contribution in [0.3, 0.4) is 0 Å². The molecule has 156 valence electrons. The average molecular weight is 410 g/mol. The standard InChI is InChI=1S/C20H31NO6Si/c1-16(2)19(23)26-14-18(22)15-27-20(24)21(17-10-7-6-8-11-17)12-9-13-28(4,5)25-3/h6-8,10-11,18,22H,1,9,12-15H2,2-5H3. The number of carbonyl (C=O) groups is 2. The Morgan fingerprint density at radius 1 is 1.18 bits per heavy atom. The molecule has 8 heteroatoms. The van der Waals surface area contributed by atoms with Gasteiger partial charge in [-0.2, -0.15) is 0 Å². The van der Waals surface area contributed by atoms with Crippen LogP contribution in [0.25, 0.3) is 0 Å². The highest BCUT2D eigenvalue weighted by molar-refractivity contribution is 6.71. The molecule has 1 atom stereocenters. The summed E-state index contributed by atoms with van der Waals surface area (Å²) in [4.78, 5) is 25.5. The van der Waals surface area contributed by atoms with E-state index in [4.69, 9.17) is 13.9 Å². The van der Waals surface area contributed by atoms with Crippen LogP contribution >= 0.6 is 0 Å². The average Bonchev–Trinajstić information content (AvgIpc) is 2.68. The van der Waals surface area contributed by atoms with E-state index in [1.807, 2.05) is 30.3 Å². The molecule has 0 aromatic heterocycles. The fraction of sp³-hybridized carbons (Fsp3) is 0.500. The van der Waals surface area contributed by atoms with Gasteiger partial charge in [-0.25, -0.2) is 9.59 Å². The van der Waals surface area contributed by atoms with E-state index in [9.17, 15) is 14.7 Å². The molecule has 0 aliphatic rings. The molecule has 0 heterocycles. The maximum absolute atomic E-state index is 12.6. The Labute approximate surface area is 168 Å². The largest absolute Gasteiger partial charge is 0.459 e. The zero-order chi connectivity index (χ0) is 21.2. The van der Waals surface area contributed by atoms with Crippen molar-refractivity contribution in [1.29, 1.82) is 0 Å². The van der Waals surface area contributed by atoms with Gasteiger partial charge in [-0.05, 0) is 44.6 Å². The van der Waals surface area contributed by atoms with E-state index in [0.29, 0.717) is 12.2 Å². The summed E-state index contributed by atoms with van der Waals surface area (Å²) in [5.41, 5.74) is 0.953. The number of ether oxygens (including phenoxy) is 2. The number of benzene rings is 1. The Morgan fingerprint density at radius 2 is 1.79 bits per heavy atom. The van der Waals surface area contributed by atoms with Crippen LogP contribution < -0.4 is 4.90 Å². The highest BCUT2D eigenvalue weighted by atomic mass is 28.4. The van der Waals surface area contributed by atoms with Crippen LogP contribution in [0.1, 0.15) is 13.3 Å². The number of nitrogens with zero attached hydrogens (tertiary/aromatic N) is 1. The quantitative estimate of drug-likeness (QED) is 0.343. The van der Waals surface area contributed by atoms with Crippen molar-refractivity contribution >= 4 is 26.1 Å². The maximum Gasteiger partial charge on any atom is 0.414 e. The highest BCUT2D eigenvalue weighted by Gasteiger charge is 2.23. The SMILES string of the molecule is C=C(C)C(=O)OCC(O)COC(=O)N(CCC[Si](C)(C)OC)c1ccccc1. The zero-order valence-electron chi connectivity index (χ0n) is 17.1. The van der Waals surface area contributed by atoms with Gasteiger partial charge in [0.1, 0.15) is 19.3 Å². The lowest BCUT2D eigenvalue weighted by Gasteiger charge is -2.25. The van der Waals surface area contributed by atoms with Crippen molar-refractivity contribution in [3.8, 4) is 0 Å². The van der Waals surface area contributed by atoms with Gasteiger partial charge in [-0.15, -0.1) is 0 Å². The van der Waals surface area contributed by atoms with Gasteiger partial charge in [0.15, 0.2) is 8.32 Å². The van der Waals surface area contributed by atoms with Crippen LogP contribution in [0.2, 0.25) is 19.1 Å². The molecule has 0 bridgehead atoms. The molecule has 1 aromatic rings. The molecule has 1 N–H and O–H groups in total. The summed E-state index contributed by atoms with van der Waals surface area (Å²) >= 11 is 0. The smallest absolute Gasteiger partial charge is 0.414 e. The number of hydrogen-bond acceptors (Lipinski definition) is 6. The number of para-hydroxylation sites is 1. The number of hydrogen-bond donors (Lipinski definition) is 1. The minimum absolute atomic E-state index is 0.238. The third-order valence-electron chi connectivity index (χ3n) is 4.16. The fourth-order valence-electron chi connectivity index (χ4n) is 2.29. The zero-order valence-corrected chi connectivity index (χ0v) is 18.1. The van der Waals surface area contributed by atoms with Crippen LogP contribution in [-0.2, 0) is 18.7 Å². The summed E-state index contributed by atoms with van der Waals surface area (Å²) in [6.45, 7) is 9.16. The van der Waals surface area contributed by atoms with Gasteiger partial charge >= 0.3 is 12.1 Å². The molecule has 1 amide bonds. The Balaban J connectivity index is 2.62. The summed E-state index contributed by atoms with van der Waals surface area (Å²) in [6.07, 6.45) is -0.895. The van der Waals surface area contributed by atoms with Crippen molar-refractivity contribution in [1.82, 2.24) is 0 Å². The minimum atomic E-state index is -1.72. The molecule has 1 unspecified atom stereocenters. The summed E-state index contributed by atoms with van der Waals surface area (Å²) in [7, 11) is -0.00167. The number of anilines is 1. The molecular weight excluding hydrogens is 378 g/mol. The van der Waals surface area contributed by atoms with E-state index in [1.54, 1.807) is 7.11 Å². The Bertz CT molecular complexity index is 649. The van der Waals surface area contributed by atoms with Crippen molar-refractivity contribution < 1.29 is 28.6 Å². The second-order valence-electron chi connectivity index (χ2n) is 7.16. The van der Waals surface area contributed by atoms with Crippen LogP contribution in [0.15, 0.2) is 42.5 Å². The third-order valence-corrected chi connectivity index (χ3v) is 6.82. The number of aliphatic hydroxyl groups excluding tert-OH is 1. The molecule has 0 radical (unpaired) electrons. The summed E-state index contributed by atoms with van der Waals surface area (Å²) in [5.74, 6) is -0.596. The first-order valence-corrected chi connectivity index (χ1v) is 12.3. The maximum atomic E-state index is 12.6. The van der Waals surface area contributed by atoms with Gasteiger partial charge in [-0.3, -0.25) is 4.90 Å². The normalized spacial score (nSPS) is 12.2. The molecule has 1 aromatic carbocycles. The summed E-state index contributed by atoms with van der Waals surface area (Å²) < 4.78 is 15.6. The van der Waals surface area contributed by atoms with Crippen molar-refractivity contribution in [3.63, 3.8) is 0 Å². The van der Waals surface area contributed by atoms with E-state index in [-0.39, 0.29) is 18.8 Å². The second kappa shape index (κ2) is 11.6. The lowest BCUT2D eigenvalue weighted by atomic mass is 10.3. The molecule has 0 saturated heterocycles. The number of amides is 1. The predicted octanol–water partition coefficient (Wildman–Crippen LogP) is 3.35. The van der Waals surface area contributed by atoms with Gasteiger partial charge in [0.05, 0.1) is 0 Å². The Morgan fingerprint density at radius 3 is 2.36 bits per heavy atom. The monoisotopic (exact) mass is 409 g/mol. The van der Waals surface area contributed by atoms with E-state index >= 15 is 0 Å². The van der Waals surface area contributed by atoms with Gasteiger partial charge in [0.25, 0.3) is 0 Å². The topological polar surface area (TPSA) is 85.3 Å². The molecule has 0 fully saturated rings. The Hall–Kier alpha value is -2.16. The third kappa shape index (κ3) is 8.68. The lowest BCUT2D eigenvalue weighted by molar-refractivity contribution is -0.142. The number of rotatable bonds is 11. The minimum Gasteiger partial charge on any atom is -0.459 e. The van der Waals surface area contributed by atoms with Gasteiger partial charge in [0.2, 0.25) is 0 Å². The van der Waals surface area contributed by atoms with Crippen molar-refractivity contribution in [2.45, 2.75) is 38.6 Å². The highest BCUT2D eigenvalue weighted by Crippen LogP contribution is 2.18. The van der Waals surface area contributed by atoms with E-state index in [0.717, 1.165) is 12.5 Å². The van der Waals surface area contributed by atoms with Gasteiger partial charge in [0, 0.05) is 24.9 Å². The van der Waals surface area contributed by atoms with Crippen LogP contribution in [0.4, 0.5) is 10.5 Å². The summed E-state index contributed by atoms with van der Waals surface area (Å²) in [6, 6.07) is 10.1. The fourth-order valence-corrected chi connectivity index (χ4v) is 3.50. The van der Waals surface area contributed by atoms with Crippen LogP contribution in [0.5, 0.6) is 0 Å². The second-order valence-corrected chi connectivity index (χ2v) is 11.6. The summed E-state index contributed by atoms with van der Waals surface area (Å²) in [5, 5.41) is 9.88. The number of aliphatic hydroxyl groups is 1. The first-order valence-electron chi connectivity index (χ1n) is 9.21. The molecule has 0 saturated carbocycles. The molecule has 0 aliphatic carbocycles. The molecular formula is C20H31NO6Si. The van der Waals surface area contributed by atoms with E-state index < -0.39 is 26.5 Å². The number of carbonyl (C=O) groups excluding carboxylic acids is 2. The van der Waals surface area contributed by atoms with Gasteiger partial charge < -0.3 is 19.0 Å². The van der Waals surface area contributed by atoms with Crippen molar-refractivity contribution in [2.75, 3.05) is 31.8 Å². The Kier molecular flexibility index (Phi) is 9.92. The van der Waals surface area contributed by atoms with Gasteiger partial charge in [-0.1, -0.05) is 24.8 Å². The first kappa shape index (κ1) is 23.9. The van der Waals surface area contributed by atoms with E-state index in [2.05, 4.69) is 19.7 Å². The molecule has 0 spiro atoms. The van der Waals surface area contributed by atoms with Crippen LogP contribution in [-0.4, -0.2) is 58.5 Å². The molecule has 7 nitrogen and oxygen atoms in total. The predicted molar refractivity (Wildman–Crippen MR) is 111 cm³/mol. The molecule has 1 rings (SSSR count).